The Hall–Kier alpha value is -4.80. The quantitative estimate of drug-likeness (QED) is 0.0992. The van der Waals surface area contributed by atoms with Gasteiger partial charge in [0.25, 0.3) is 0 Å². The summed E-state index contributed by atoms with van der Waals surface area (Å²) in [6, 6.07) is 17.7. The summed E-state index contributed by atoms with van der Waals surface area (Å²) in [5, 5.41) is 0. The molecule has 302 valence electrons. The van der Waals surface area contributed by atoms with Crippen molar-refractivity contribution in [2.45, 2.75) is 63.5 Å². The third-order valence-corrected chi connectivity index (χ3v) is 11.9. The van der Waals surface area contributed by atoms with Gasteiger partial charge in [-0.1, -0.05) is 0 Å². The normalized spacial score (nSPS) is 16.8. The van der Waals surface area contributed by atoms with Gasteiger partial charge in [-0.25, -0.2) is 0 Å². The highest BCUT2D eigenvalue weighted by molar-refractivity contribution is 5.53. The number of hydrogen-bond donors (Lipinski definition) is 0. The molecule has 2 aliphatic rings. The summed E-state index contributed by atoms with van der Waals surface area (Å²) >= 11 is 0. The topological polar surface area (TPSA) is 80.3 Å². The number of aryl methyl sites for hydroxylation is 2. The second-order valence-electron chi connectivity index (χ2n) is 14.9. The zero-order valence-corrected chi connectivity index (χ0v) is 35.0. The predicted molar refractivity (Wildman–Crippen MR) is 220 cm³/mol. The predicted octanol–water partition coefficient (Wildman–Crippen LogP) is 7.86. The Morgan fingerprint density at radius 2 is 0.696 bits per heavy atom. The molecule has 0 bridgehead atoms. The number of ether oxygens (including phenoxy) is 8. The molecule has 4 aromatic rings. The van der Waals surface area contributed by atoms with Crippen molar-refractivity contribution in [3.8, 4) is 46.0 Å². The fraction of sp³-hybridized carbons (Fsp3) is 0.478. The smallest absolute Gasteiger partial charge is 0.161 e. The maximum atomic E-state index is 5.82. The number of methoxy groups -OCH3 is 8. The summed E-state index contributed by atoms with van der Waals surface area (Å²) in [5.41, 5.74) is 10.3. The second kappa shape index (κ2) is 18.4. The minimum atomic E-state index is 0.175. The molecule has 56 heavy (non-hydrogen) atoms. The molecule has 0 radical (unpaired) electrons. The third-order valence-electron chi connectivity index (χ3n) is 11.9. The average molecular weight is 769 g/mol. The van der Waals surface area contributed by atoms with E-state index in [9.17, 15) is 0 Å². The van der Waals surface area contributed by atoms with Gasteiger partial charge in [0.05, 0.1) is 56.9 Å². The van der Waals surface area contributed by atoms with E-state index < -0.39 is 0 Å². The Morgan fingerprint density at radius 3 is 1.02 bits per heavy atom. The molecule has 0 amide bonds. The number of hydrogen-bond acceptors (Lipinski definition) is 10. The van der Waals surface area contributed by atoms with Crippen molar-refractivity contribution in [3.05, 3.63) is 93.0 Å². The first-order valence-corrected chi connectivity index (χ1v) is 19.6. The SMILES string of the molecule is COc1cc(CCCCc2cc(OC)c(OC)cc2CC2c3cc(OC)c(OC)cc3CCN2C)c(CC2c3cc(OC)c(OC)cc3CCN2C)cc1OC. The largest absolute Gasteiger partial charge is 0.493 e. The first-order valence-electron chi connectivity index (χ1n) is 19.6. The number of likely N-dealkylation sites (N-methyl/N-ethyl adjacent to an activating group) is 2. The van der Waals surface area contributed by atoms with E-state index >= 15 is 0 Å². The lowest BCUT2D eigenvalue weighted by Crippen LogP contribution is -2.33. The molecule has 0 fully saturated rings. The van der Waals surface area contributed by atoms with E-state index in [2.05, 4.69) is 72.4 Å². The van der Waals surface area contributed by atoms with Crippen molar-refractivity contribution < 1.29 is 37.9 Å². The third kappa shape index (κ3) is 8.47. The van der Waals surface area contributed by atoms with E-state index in [4.69, 9.17) is 37.9 Å². The molecule has 2 heterocycles. The molecule has 2 atom stereocenters. The van der Waals surface area contributed by atoms with Gasteiger partial charge in [0.1, 0.15) is 0 Å². The van der Waals surface area contributed by atoms with Crippen molar-refractivity contribution in [1.82, 2.24) is 9.80 Å². The van der Waals surface area contributed by atoms with Crippen LogP contribution in [0.4, 0.5) is 0 Å². The maximum Gasteiger partial charge on any atom is 0.161 e. The summed E-state index contributed by atoms with van der Waals surface area (Å²) in [7, 11) is 18.0. The lowest BCUT2D eigenvalue weighted by molar-refractivity contribution is 0.227. The highest BCUT2D eigenvalue weighted by Crippen LogP contribution is 2.43. The zero-order chi connectivity index (χ0) is 39.9. The van der Waals surface area contributed by atoms with Gasteiger partial charge in [0.15, 0.2) is 46.0 Å². The Kier molecular flexibility index (Phi) is 13.4. The van der Waals surface area contributed by atoms with Gasteiger partial charge in [-0.2, -0.15) is 0 Å². The van der Waals surface area contributed by atoms with Gasteiger partial charge in [-0.3, -0.25) is 9.80 Å². The molecule has 0 aliphatic carbocycles. The van der Waals surface area contributed by atoms with Crippen molar-refractivity contribution in [2.75, 3.05) is 84.1 Å². The molecule has 10 heteroatoms. The van der Waals surface area contributed by atoms with Crippen molar-refractivity contribution in [3.63, 3.8) is 0 Å². The monoisotopic (exact) mass is 768 g/mol. The van der Waals surface area contributed by atoms with Crippen LogP contribution in [0.2, 0.25) is 0 Å². The van der Waals surface area contributed by atoms with Crippen LogP contribution in [0.25, 0.3) is 0 Å². The average Bonchev–Trinajstić information content (AvgIpc) is 3.23. The van der Waals surface area contributed by atoms with E-state index in [1.54, 1.807) is 56.9 Å². The lowest BCUT2D eigenvalue weighted by atomic mass is 9.86. The molecule has 0 aromatic heterocycles. The van der Waals surface area contributed by atoms with Crippen molar-refractivity contribution >= 4 is 0 Å². The molecular formula is C46H60N2O8. The first kappa shape index (κ1) is 40.9. The van der Waals surface area contributed by atoms with Gasteiger partial charge in [-0.05, 0) is 159 Å². The van der Waals surface area contributed by atoms with Crippen LogP contribution in [-0.2, 0) is 38.5 Å². The molecule has 0 saturated heterocycles. The van der Waals surface area contributed by atoms with Gasteiger partial charge < -0.3 is 37.9 Å². The summed E-state index contributed by atoms with van der Waals surface area (Å²) in [6.07, 6.45) is 7.42. The lowest BCUT2D eigenvalue weighted by Gasteiger charge is -2.36. The molecule has 10 nitrogen and oxygen atoms in total. The number of benzene rings is 4. The van der Waals surface area contributed by atoms with E-state index in [1.807, 2.05) is 0 Å². The van der Waals surface area contributed by atoms with Crippen LogP contribution in [0.5, 0.6) is 46.0 Å². The van der Waals surface area contributed by atoms with Crippen LogP contribution in [-0.4, -0.2) is 93.9 Å². The minimum absolute atomic E-state index is 0.175. The molecule has 6 rings (SSSR count). The van der Waals surface area contributed by atoms with Crippen LogP contribution >= 0.6 is 0 Å². The Balaban J connectivity index is 1.25. The first-order chi connectivity index (χ1) is 27.2. The molecular weight excluding hydrogens is 709 g/mol. The second-order valence-corrected chi connectivity index (χ2v) is 14.9. The fourth-order valence-electron chi connectivity index (χ4n) is 8.66. The van der Waals surface area contributed by atoms with E-state index in [-0.39, 0.29) is 12.1 Å². The highest BCUT2D eigenvalue weighted by Gasteiger charge is 2.30. The number of rotatable bonds is 17. The molecule has 4 aromatic carbocycles. The molecule has 2 unspecified atom stereocenters. The molecule has 0 N–H and O–H groups in total. The molecule has 0 saturated carbocycles. The Bertz CT molecular complexity index is 1840. The zero-order valence-electron chi connectivity index (χ0n) is 35.0. The van der Waals surface area contributed by atoms with Crippen LogP contribution in [0.3, 0.4) is 0 Å². The number of nitrogens with zero attached hydrogens (tertiary/aromatic N) is 2. The molecule has 0 spiro atoms. The van der Waals surface area contributed by atoms with Crippen LogP contribution in [0.1, 0.15) is 69.4 Å². The van der Waals surface area contributed by atoms with Gasteiger partial charge in [0, 0.05) is 25.2 Å². The Labute approximate surface area is 333 Å². The highest BCUT2D eigenvalue weighted by atomic mass is 16.5. The van der Waals surface area contributed by atoms with Crippen molar-refractivity contribution in [1.29, 1.82) is 0 Å². The number of unbranched alkanes of at least 4 members (excludes halogenated alkanes) is 1. The van der Waals surface area contributed by atoms with Crippen LogP contribution in [0, 0.1) is 0 Å². The maximum absolute atomic E-state index is 5.82. The van der Waals surface area contributed by atoms with E-state index in [0.29, 0.717) is 0 Å². The van der Waals surface area contributed by atoms with E-state index in [0.717, 1.165) is 110 Å². The Morgan fingerprint density at radius 1 is 0.411 bits per heavy atom. The van der Waals surface area contributed by atoms with Crippen molar-refractivity contribution in [2.24, 2.45) is 0 Å². The summed E-state index contributed by atoms with van der Waals surface area (Å²) in [5.74, 6) is 6.06. The summed E-state index contributed by atoms with van der Waals surface area (Å²) in [6.45, 7) is 1.93. The van der Waals surface area contributed by atoms with Gasteiger partial charge in [-0.15, -0.1) is 0 Å². The van der Waals surface area contributed by atoms with Crippen LogP contribution in [0.15, 0.2) is 48.5 Å². The standard InChI is InChI=1S/C46H60N2O8/c1-47-17-15-31-23-41(51-5)45(55-9)27-35(31)37(47)19-33-25-43(53-7)39(49-3)21-29(33)13-11-12-14-30-22-40(50-4)44(54-8)26-34(30)20-38-36-28-46(56-10)42(52-6)24-32(36)16-18-48(38)2/h21-28,37-38H,11-20H2,1-10H3. The van der Waals surface area contributed by atoms with E-state index in [1.165, 1.54) is 44.5 Å². The number of fused-ring (bicyclic) bond motifs is 2. The molecule has 2 aliphatic heterocycles. The summed E-state index contributed by atoms with van der Waals surface area (Å²) < 4.78 is 46.1. The van der Waals surface area contributed by atoms with Gasteiger partial charge >= 0.3 is 0 Å². The van der Waals surface area contributed by atoms with Gasteiger partial charge in [0.2, 0.25) is 0 Å². The van der Waals surface area contributed by atoms with Crippen LogP contribution < -0.4 is 37.9 Å². The summed E-state index contributed by atoms with van der Waals surface area (Å²) in [4.78, 5) is 4.89. The minimum Gasteiger partial charge on any atom is -0.493 e. The fourth-order valence-corrected chi connectivity index (χ4v) is 8.66.